The number of aliphatic carboxylic acids is 1. The molecular weight excluding hydrogens is 350 g/mol. The number of benzene rings is 1. The van der Waals surface area contributed by atoms with Gasteiger partial charge < -0.3 is 15.3 Å². The molecule has 1 heterocycles. The largest absolute Gasteiger partial charge is 0.481 e. The van der Waals surface area contributed by atoms with Gasteiger partial charge in [0.05, 0.1) is 18.7 Å². The molecule has 2 amide bonds. The van der Waals surface area contributed by atoms with E-state index < -0.39 is 5.97 Å². The summed E-state index contributed by atoms with van der Waals surface area (Å²) in [4.78, 5) is 30.0. The van der Waals surface area contributed by atoms with Crippen LogP contribution >= 0.6 is 11.3 Å². The lowest BCUT2D eigenvalue weighted by molar-refractivity contribution is -0.137. The van der Waals surface area contributed by atoms with Crippen molar-refractivity contribution in [3.63, 3.8) is 0 Å². The van der Waals surface area contributed by atoms with E-state index in [9.17, 15) is 9.59 Å². The van der Waals surface area contributed by atoms with Gasteiger partial charge in [-0.05, 0) is 30.7 Å². The van der Waals surface area contributed by atoms with Crippen LogP contribution in [0.1, 0.15) is 39.9 Å². The molecule has 1 atom stereocenters. The fraction of sp³-hybridized carbons (Fsp3) is 0.421. The highest BCUT2D eigenvalue weighted by molar-refractivity contribution is 7.11. The molecule has 0 saturated carbocycles. The smallest absolute Gasteiger partial charge is 0.317 e. The predicted octanol–water partition coefficient (Wildman–Crippen LogP) is 3.03. The van der Waals surface area contributed by atoms with Gasteiger partial charge in [-0.1, -0.05) is 30.3 Å². The molecular formula is C19H23N3O3S. The van der Waals surface area contributed by atoms with Crippen LogP contribution in [0.2, 0.25) is 0 Å². The average Bonchev–Trinajstić information content (AvgIpc) is 3.06. The molecule has 7 heteroatoms. The number of carboxylic acids is 1. The molecule has 1 aromatic carbocycles. The molecule has 0 fully saturated rings. The molecule has 0 saturated heterocycles. The zero-order chi connectivity index (χ0) is 18.5. The number of hydrogen-bond acceptors (Lipinski definition) is 4. The van der Waals surface area contributed by atoms with E-state index in [2.05, 4.69) is 34.6 Å². The van der Waals surface area contributed by atoms with Crippen LogP contribution in [-0.2, 0) is 24.2 Å². The Hall–Kier alpha value is -2.41. The number of aromatic nitrogens is 1. The lowest BCUT2D eigenvalue weighted by Gasteiger charge is -2.21. The number of carboxylic acid groups (broad SMARTS) is 1. The summed E-state index contributed by atoms with van der Waals surface area (Å²) in [6.45, 7) is 0.568. The Morgan fingerprint density at radius 3 is 2.85 bits per heavy atom. The first-order valence-corrected chi connectivity index (χ1v) is 9.57. The second kappa shape index (κ2) is 8.31. The summed E-state index contributed by atoms with van der Waals surface area (Å²) in [5.41, 5.74) is 2.53. The van der Waals surface area contributed by atoms with Gasteiger partial charge in [0.1, 0.15) is 5.01 Å². The van der Waals surface area contributed by atoms with Crippen molar-refractivity contribution in [3.05, 3.63) is 51.5 Å². The Bertz CT molecular complexity index is 776. The fourth-order valence-electron chi connectivity index (χ4n) is 3.16. The molecule has 2 aromatic rings. The maximum Gasteiger partial charge on any atom is 0.317 e. The van der Waals surface area contributed by atoms with E-state index >= 15 is 0 Å². The molecule has 138 valence electrons. The summed E-state index contributed by atoms with van der Waals surface area (Å²) in [7, 11) is 1.59. The average molecular weight is 373 g/mol. The Labute approximate surface area is 156 Å². The van der Waals surface area contributed by atoms with Crippen LogP contribution in [0.25, 0.3) is 0 Å². The van der Waals surface area contributed by atoms with E-state index in [4.69, 9.17) is 5.11 Å². The summed E-state index contributed by atoms with van der Waals surface area (Å²) >= 11 is 1.67. The number of nitrogens with zero attached hydrogens (tertiary/aromatic N) is 2. The SMILES string of the molecule is CN(CCC(=O)O)C(=O)NCc1nc2c(s1)CC(c1ccccc1)CC2. The number of amides is 2. The number of aryl methyl sites for hydroxylation is 1. The standard InChI is InChI=1S/C19H23N3O3S/c1-22(10-9-18(23)24)19(25)20-12-17-21-15-8-7-14(11-16(15)26-17)13-5-3-2-4-6-13/h2-6,14H,7-12H2,1H3,(H,20,25)(H,23,24). The number of fused-ring (bicyclic) bond motifs is 1. The highest BCUT2D eigenvalue weighted by Crippen LogP contribution is 2.35. The van der Waals surface area contributed by atoms with E-state index in [1.807, 2.05) is 6.07 Å². The molecule has 0 radical (unpaired) electrons. The molecule has 0 bridgehead atoms. The summed E-state index contributed by atoms with van der Waals surface area (Å²) in [6, 6.07) is 10.3. The summed E-state index contributed by atoms with van der Waals surface area (Å²) in [5.74, 6) is -0.376. The maximum absolute atomic E-state index is 12.0. The maximum atomic E-state index is 12.0. The van der Waals surface area contributed by atoms with Crippen LogP contribution < -0.4 is 5.32 Å². The molecule has 26 heavy (non-hydrogen) atoms. The lowest BCUT2D eigenvalue weighted by Crippen LogP contribution is -2.37. The summed E-state index contributed by atoms with van der Waals surface area (Å²) in [5, 5.41) is 12.4. The van der Waals surface area contributed by atoms with Crippen molar-refractivity contribution >= 4 is 23.3 Å². The van der Waals surface area contributed by atoms with E-state index in [1.165, 1.54) is 15.3 Å². The third-order valence-corrected chi connectivity index (χ3v) is 5.77. The van der Waals surface area contributed by atoms with Gasteiger partial charge in [-0.15, -0.1) is 11.3 Å². The van der Waals surface area contributed by atoms with Crippen LogP contribution in [0, 0.1) is 0 Å². The van der Waals surface area contributed by atoms with Gasteiger partial charge in [0, 0.05) is 18.5 Å². The molecule has 1 aliphatic rings. The van der Waals surface area contributed by atoms with Crippen molar-refractivity contribution < 1.29 is 14.7 Å². The molecule has 2 N–H and O–H groups in total. The van der Waals surface area contributed by atoms with Crippen molar-refractivity contribution in [3.8, 4) is 0 Å². The predicted molar refractivity (Wildman–Crippen MR) is 100 cm³/mol. The van der Waals surface area contributed by atoms with E-state index in [0.717, 1.165) is 30.0 Å². The van der Waals surface area contributed by atoms with Gasteiger partial charge in [0.2, 0.25) is 0 Å². The quantitative estimate of drug-likeness (QED) is 0.815. The number of nitrogens with one attached hydrogen (secondary N) is 1. The van der Waals surface area contributed by atoms with Crippen LogP contribution in [0.4, 0.5) is 4.79 Å². The first-order valence-electron chi connectivity index (χ1n) is 8.76. The van der Waals surface area contributed by atoms with E-state index in [0.29, 0.717) is 12.5 Å². The Morgan fingerprint density at radius 1 is 1.35 bits per heavy atom. The fourth-order valence-corrected chi connectivity index (χ4v) is 4.30. The molecule has 6 nitrogen and oxygen atoms in total. The lowest BCUT2D eigenvalue weighted by atomic mass is 9.85. The molecule has 1 unspecified atom stereocenters. The number of rotatable bonds is 6. The molecule has 0 spiro atoms. The highest BCUT2D eigenvalue weighted by atomic mass is 32.1. The van der Waals surface area contributed by atoms with Gasteiger partial charge in [0.15, 0.2) is 0 Å². The van der Waals surface area contributed by atoms with Gasteiger partial charge >= 0.3 is 12.0 Å². The van der Waals surface area contributed by atoms with Crippen LogP contribution in [0.3, 0.4) is 0 Å². The molecule has 0 aliphatic heterocycles. The third kappa shape index (κ3) is 4.60. The topological polar surface area (TPSA) is 82.5 Å². The summed E-state index contributed by atoms with van der Waals surface area (Å²) in [6.07, 6.45) is 3.02. The van der Waals surface area contributed by atoms with Gasteiger partial charge in [-0.2, -0.15) is 0 Å². The van der Waals surface area contributed by atoms with Crippen molar-refractivity contribution in [2.75, 3.05) is 13.6 Å². The first kappa shape index (κ1) is 18.4. The number of carbonyl (C=O) groups excluding carboxylic acids is 1. The number of hydrogen-bond donors (Lipinski definition) is 2. The van der Waals surface area contributed by atoms with Crippen LogP contribution in [0.5, 0.6) is 0 Å². The number of carbonyl (C=O) groups is 2. The zero-order valence-electron chi connectivity index (χ0n) is 14.8. The third-order valence-electron chi connectivity index (χ3n) is 4.65. The van der Waals surface area contributed by atoms with Gasteiger partial charge in [-0.25, -0.2) is 9.78 Å². The molecule has 3 rings (SSSR count). The Balaban J connectivity index is 1.55. The van der Waals surface area contributed by atoms with Crippen molar-refractivity contribution in [1.29, 1.82) is 0 Å². The minimum absolute atomic E-state index is 0.0592. The minimum atomic E-state index is -0.912. The Morgan fingerprint density at radius 2 is 2.12 bits per heavy atom. The van der Waals surface area contributed by atoms with Crippen LogP contribution in [0.15, 0.2) is 30.3 Å². The van der Waals surface area contributed by atoms with Crippen LogP contribution in [-0.4, -0.2) is 40.6 Å². The summed E-state index contributed by atoms with van der Waals surface area (Å²) < 4.78 is 0. The minimum Gasteiger partial charge on any atom is -0.481 e. The highest BCUT2D eigenvalue weighted by Gasteiger charge is 2.23. The van der Waals surface area contributed by atoms with Gasteiger partial charge in [0.25, 0.3) is 0 Å². The Kier molecular flexibility index (Phi) is 5.88. The van der Waals surface area contributed by atoms with E-state index in [-0.39, 0.29) is 19.0 Å². The monoisotopic (exact) mass is 373 g/mol. The van der Waals surface area contributed by atoms with Crippen molar-refractivity contribution in [2.24, 2.45) is 0 Å². The second-order valence-corrected chi connectivity index (χ2v) is 7.72. The van der Waals surface area contributed by atoms with Gasteiger partial charge in [-0.3, -0.25) is 4.79 Å². The zero-order valence-corrected chi connectivity index (χ0v) is 15.6. The van der Waals surface area contributed by atoms with E-state index in [1.54, 1.807) is 18.4 Å². The van der Waals surface area contributed by atoms with Crippen molar-refractivity contribution in [2.45, 2.75) is 38.1 Å². The normalized spacial score (nSPS) is 16.0. The second-order valence-electron chi connectivity index (χ2n) is 6.55. The first-order chi connectivity index (χ1) is 12.5. The number of urea groups is 1. The van der Waals surface area contributed by atoms with Crippen molar-refractivity contribution in [1.82, 2.24) is 15.2 Å². The molecule has 1 aromatic heterocycles. The number of thiazole rings is 1. The molecule has 1 aliphatic carbocycles.